The molecule has 1 aliphatic rings. The van der Waals surface area contributed by atoms with Gasteiger partial charge in [-0.25, -0.2) is 0 Å². The Hall–Kier alpha value is -0.870. The van der Waals surface area contributed by atoms with Gasteiger partial charge < -0.3 is 22.2 Å². The van der Waals surface area contributed by atoms with E-state index in [-0.39, 0.29) is 12.4 Å². The van der Waals surface area contributed by atoms with Crippen molar-refractivity contribution in [1.82, 2.24) is 0 Å². The third kappa shape index (κ3) is 3.85. The molecule has 0 saturated carbocycles. The molecule has 3 rings (SSSR count). The fourth-order valence-electron chi connectivity index (χ4n) is 3.28. The summed E-state index contributed by atoms with van der Waals surface area (Å²) in [5.41, 5.74) is 2.53. The molecule has 1 N–H and O–H groups in total. The van der Waals surface area contributed by atoms with Crippen LogP contribution in [0.4, 0.5) is 11.4 Å². The number of hydrogen-bond acceptors (Lipinski definition) is 2. The van der Waals surface area contributed by atoms with Crippen LogP contribution in [0.25, 0.3) is 0 Å². The largest absolute Gasteiger partial charge is 1.00 e. The summed E-state index contributed by atoms with van der Waals surface area (Å²) >= 11 is 8.13. The van der Waals surface area contributed by atoms with Crippen LogP contribution in [-0.2, 0) is 0 Å². The lowest BCUT2D eigenvalue weighted by Crippen LogP contribution is -3.12. The zero-order valence-corrected chi connectivity index (χ0v) is 16.7. The van der Waals surface area contributed by atoms with Gasteiger partial charge in [0.2, 0.25) is 0 Å². The second-order valence-corrected chi connectivity index (χ2v) is 7.58. The SMILES string of the molecule is CC[NH+](CC)CC(C)N1c2ccccc2Sc2ccc(Cl)cc21.[Cl-]. The molecule has 0 aliphatic carbocycles. The molecule has 5 heteroatoms. The number of quaternary nitrogens is 1. The van der Waals surface area contributed by atoms with Gasteiger partial charge in [-0.15, -0.1) is 0 Å². The van der Waals surface area contributed by atoms with Gasteiger partial charge in [0.1, 0.15) is 0 Å². The zero-order chi connectivity index (χ0) is 16.4. The van der Waals surface area contributed by atoms with E-state index in [1.54, 1.807) is 4.90 Å². The molecule has 0 aromatic heterocycles. The van der Waals surface area contributed by atoms with Crippen LogP contribution >= 0.6 is 23.4 Å². The Labute approximate surface area is 160 Å². The van der Waals surface area contributed by atoms with Gasteiger partial charge >= 0.3 is 0 Å². The van der Waals surface area contributed by atoms with E-state index in [1.165, 1.54) is 21.2 Å². The van der Waals surface area contributed by atoms with Crippen molar-refractivity contribution in [3.8, 4) is 0 Å². The molecule has 0 bridgehead atoms. The van der Waals surface area contributed by atoms with Crippen LogP contribution in [0.2, 0.25) is 5.02 Å². The average Bonchev–Trinajstić information content (AvgIpc) is 2.57. The van der Waals surface area contributed by atoms with Crippen LogP contribution in [-0.4, -0.2) is 25.7 Å². The van der Waals surface area contributed by atoms with Gasteiger partial charge in [-0.1, -0.05) is 35.5 Å². The van der Waals surface area contributed by atoms with Crippen molar-refractivity contribution in [1.29, 1.82) is 0 Å². The van der Waals surface area contributed by atoms with Crippen LogP contribution in [0.5, 0.6) is 0 Å². The van der Waals surface area contributed by atoms with Gasteiger partial charge in [0, 0.05) is 14.8 Å². The smallest absolute Gasteiger partial charge is 0.0979 e. The average molecular weight is 383 g/mol. The van der Waals surface area contributed by atoms with E-state index in [0.717, 1.165) is 24.7 Å². The summed E-state index contributed by atoms with van der Waals surface area (Å²) in [5.74, 6) is 0. The summed E-state index contributed by atoms with van der Waals surface area (Å²) in [6.45, 7) is 10.3. The molecule has 2 aromatic carbocycles. The number of halogens is 2. The first-order valence-electron chi connectivity index (χ1n) is 8.33. The quantitative estimate of drug-likeness (QED) is 0.832. The molecule has 2 nitrogen and oxygen atoms in total. The van der Waals surface area contributed by atoms with Gasteiger partial charge in [-0.2, -0.15) is 0 Å². The fraction of sp³-hybridized carbons (Fsp3) is 0.368. The van der Waals surface area contributed by atoms with E-state index >= 15 is 0 Å². The molecule has 130 valence electrons. The molecule has 0 saturated heterocycles. The number of nitrogens with zero attached hydrogens (tertiary/aromatic N) is 1. The third-order valence-electron chi connectivity index (χ3n) is 4.55. The van der Waals surface area contributed by atoms with E-state index in [2.05, 4.69) is 62.1 Å². The number of hydrogen-bond donors (Lipinski definition) is 1. The lowest BCUT2D eigenvalue weighted by Gasteiger charge is -2.38. The molecule has 1 heterocycles. The molecule has 0 amide bonds. The van der Waals surface area contributed by atoms with Gasteiger partial charge in [0.25, 0.3) is 0 Å². The Bertz CT molecular complexity index is 689. The summed E-state index contributed by atoms with van der Waals surface area (Å²) in [6, 6.07) is 15.3. The molecular formula is C19H24Cl2N2S. The molecular weight excluding hydrogens is 359 g/mol. The summed E-state index contributed by atoms with van der Waals surface area (Å²) in [6.07, 6.45) is 0. The summed E-state index contributed by atoms with van der Waals surface area (Å²) in [7, 11) is 0. The minimum atomic E-state index is 0. The van der Waals surface area contributed by atoms with Crippen LogP contribution in [0, 0.1) is 0 Å². The first-order valence-corrected chi connectivity index (χ1v) is 9.52. The first kappa shape index (κ1) is 19.5. The highest BCUT2D eigenvalue weighted by Gasteiger charge is 2.28. The Kier molecular flexibility index (Phi) is 6.88. The standard InChI is InChI=1S/C19H23ClN2S.ClH/c1-4-21(5-2)13-14(3)22-16-8-6-7-9-18(16)23-19-11-10-15(20)12-17(19)22;/h6-12,14H,4-5,13H2,1-3H3;1H. The van der Waals surface area contributed by atoms with E-state index in [9.17, 15) is 0 Å². The molecule has 1 unspecified atom stereocenters. The maximum absolute atomic E-state index is 6.29. The van der Waals surface area contributed by atoms with Gasteiger partial charge in [0.05, 0.1) is 37.1 Å². The van der Waals surface area contributed by atoms with Crippen LogP contribution in [0.3, 0.4) is 0 Å². The second-order valence-electron chi connectivity index (χ2n) is 6.06. The van der Waals surface area contributed by atoms with Crippen LogP contribution in [0.15, 0.2) is 52.3 Å². The number of benzene rings is 2. The van der Waals surface area contributed by atoms with E-state index < -0.39 is 0 Å². The van der Waals surface area contributed by atoms with Crippen molar-refractivity contribution in [2.24, 2.45) is 0 Å². The van der Waals surface area contributed by atoms with Crippen molar-refractivity contribution < 1.29 is 17.3 Å². The number of fused-ring (bicyclic) bond motifs is 2. The van der Waals surface area contributed by atoms with E-state index in [0.29, 0.717) is 6.04 Å². The lowest BCUT2D eigenvalue weighted by molar-refractivity contribution is -0.897. The highest BCUT2D eigenvalue weighted by molar-refractivity contribution is 7.99. The summed E-state index contributed by atoms with van der Waals surface area (Å²) in [5, 5.41) is 0.802. The maximum Gasteiger partial charge on any atom is 0.0979 e. The minimum Gasteiger partial charge on any atom is -1.00 e. The number of para-hydroxylation sites is 1. The van der Waals surface area contributed by atoms with Crippen molar-refractivity contribution in [2.45, 2.75) is 36.6 Å². The van der Waals surface area contributed by atoms with Gasteiger partial charge in [-0.05, 0) is 51.1 Å². The Balaban J connectivity index is 0.00000208. The second kappa shape index (κ2) is 8.48. The molecule has 24 heavy (non-hydrogen) atoms. The number of rotatable bonds is 5. The zero-order valence-electron chi connectivity index (χ0n) is 14.4. The third-order valence-corrected chi connectivity index (χ3v) is 5.92. The predicted molar refractivity (Wildman–Crippen MR) is 101 cm³/mol. The van der Waals surface area contributed by atoms with Gasteiger partial charge in [-0.3, -0.25) is 0 Å². The topological polar surface area (TPSA) is 7.68 Å². The Morgan fingerprint density at radius 3 is 2.42 bits per heavy atom. The Morgan fingerprint density at radius 2 is 1.71 bits per heavy atom. The van der Waals surface area contributed by atoms with Crippen molar-refractivity contribution in [2.75, 3.05) is 24.5 Å². The highest BCUT2D eigenvalue weighted by Crippen LogP contribution is 2.49. The highest BCUT2D eigenvalue weighted by atomic mass is 35.5. The molecule has 0 spiro atoms. The van der Waals surface area contributed by atoms with Crippen LogP contribution in [0.1, 0.15) is 20.8 Å². The maximum atomic E-state index is 6.29. The normalized spacial score (nSPS) is 14.0. The Morgan fingerprint density at radius 1 is 1.04 bits per heavy atom. The minimum absolute atomic E-state index is 0. The van der Waals surface area contributed by atoms with Crippen molar-refractivity contribution in [3.63, 3.8) is 0 Å². The van der Waals surface area contributed by atoms with Gasteiger partial charge in [0.15, 0.2) is 0 Å². The fourth-order valence-corrected chi connectivity index (χ4v) is 4.50. The predicted octanol–water partition coefficient (Wildman–Crippen LogP) is 1.26. The summed E-state index contributed by atoms with van der Waals surface area (Å²) < 4.78 is 0. The van der Waals surface area contributed by atoms with Crippen molar-refractivity contribution >= 4 is 34.7 Å². The molecule has 1 aliphatic heterocycles. The molecule has 0 radical (unpaired) electrons. The monoisotopic (exact) mass is 382 g/mol. The van der Waals surface area contributed by atoms with E-state index in [4.69, 9.17) is 11.6 Å². The molecule has 2 aromatic rings. The molecule has 0 fully saturated rings. The lowest BCUT2D eigenvalue weighted by atomic mass is 10.1. The number of nitrogens with one attached hydrogen (secondary N) is 1. The number of anilines is 2. The van der Waals surface area contributed by atoms with Crippen molar-refractivity contribution in [3.05, 3.63) is 47.5 Å². The summed E-state index contributed by atoms with van der Waals surface area (Å²) in [4.78, 5) is 6.70. The molecule has 1 atom stereocenters. The van der Waals surface area contributed by atoms with E-state index in [1.807, 2.05) is 17.8 Å². The van der Waals surface area contributed by atoms with Crippen LogP contribution < -0.4 is 22.2 Å². The first-order chi connectivity index (χ1) is 11.1. The number of likely N-dealkylation sites (N-methyl/N-ethyl adjacent to an activating group) is 1.